The first-order chi connectivity index (χ1) is 12.8. The van der Waals surface area contributed by atoms with Crippen LogP contribution in [-0.4, -0.2) is 0 Å². The van der Waals surface area contributed by atoms with Crippen molar-refractivity contribution in [2.45, 2.75) is 20.8 Å². The molecule has 26 heavy (non-hydrogen) atoms. The fourth-order valence-electron chi connectivity index (χ4n) is 2.98. The largest absolute Gasteiger partial charge is 0.135 e. The molecule has 1 heterocycles. The number of aryl methyl sites for hydroxylation is 1. The number of fused-ring (bicyclic) bond motifs is 4. The number of hydrogen-bond acceptors (Lipinski definition) is 1. The van der Waals surface area contributed by atoms with Crippen LogP contribution in [0.15, 0.2) is 91.0 Å². The molecule has 0 N–H and O–H groups in total. The Hall–Kier alpha value is -2.64. The van der Waals surface area contributed by atoms with Gasteiger partial charge in [-0.1, -0.05) is 98.3 Å². The molecule has 0 saturated heterocycles. The fourth-order valence-corrected chi connectivity index (χ4v) is 4.09. The average molecular weight is 357 g/mol. The van der Waals surface area contributed by atoms with Gasteiger partial charge >= 0.3 is 0 Å². The van der Waals surface area contributed by atoms with Gasteiger partial charge in [-0.15, -0.1) is 11.3 Å². The lowest BCUT2D eigenvalue weighted by atomic mass is 10.1. The van der Waals surface area contributed by atoms with E-state index in [2.05, 4.69) is 97.9 Å². The summed E-state index contributed by atoms with van der Waals surface area (Å²) in [4.78, 5) is 0. The van der Waals surface area contributed by atoms with Crippen molar-refractivity contribution in [3.05, 3.63) is 96.6 Å². The van der Waals surface area contributed by atoms with Crippen molar-refractivity contribution in [1.82, 2.24) is 0 Å². The molecule has 0 bridgehead atoms. The van der Waals surface area contributed by atoms with Gasteiger partial charge in [-0.2, -0.15) is 0 Å². The van der Waals surface area contributed by atoms with Crippen LogP contribution in [0.2, 0.25) is 0 Å². The van der Waals surface area contributed by atoms with E-state index < -0.39 is 0 Å². The van der Waals surface area contributed by atoms with E-state index in [0.717, 1.165) is 0 Å². The normalized spacial score (nSPS) is 10.1. The smallest absolute Gasteiger partial charge is 0.0355 e. The third kappa shape index (κ3) is 3.95. The lowest BCUT2D eigenvalue weighted by Crippen LogP contribution is -1.73. The quantitative estimate of drug-likeness (QED) is 0.262. The van der Waals surface area contributed by atoms with Gasteiger partial charge in [-0.3, -0.25) is 0 Å². The van der Waals surface area contributed by atoms with E-state index in [0.29, 0.717) is 0 Å². The number of rotatable bonds is 0. The summed E-state index contributed by atoms with van der Waals surface area (Å²) in [6.07, 6.45) is 0. The first-order valence-electron chi connectivity index (χ1n) is 9.13. The topological polar surface area (TPSA) is 0 Å². The minimum absolute atomic E-state index is 1.32. The lowest BCUT2D eigenvalue weighted by molar-refractivity contribution is 1.50. The van der Waals surface area contributed by atoms with Crippen LogP contribution in [0.4, 0.5) is 0 Å². The second kappa shape index (κ2) is 8.64. The summed E-state index contributed by atoms with van der Waals surface area (Å²) >= 11 is 1.86. The van der Waals surface area contributed by atoms with Crippen LogP contribution in [0.3, 0.4) is 0 Å². The summed E-state index contributed by atoms with van der Waals surface area (Å²) in [5.41, 5.74) is 1.32. The summed E-state index contributed by atoms with van der Waals surface area (Å²) in [5, 5.41) is 5.40. The molecule has 0 fully saturated rings. The van der Waals surface area contributed by atoms with Crippen LogP contribution in [-0.2, 0) is 0 Å². The molecule has 0 nitrogen and oxygen atoms in total. The van der Waals surface area contributed by atoms with Gasteiger partial charge < -0.3 is 0 Å². The summed E-state index contributed by atoms with van der Waals surface area (Å²) < 4.78 is 2.76. The molecule has 0 aliphatic heterocycles. The minimum Gasteiger partial charge on any atom is -0.135 e. The molecule has 1 heteroatoms. The van der Waals surface area contributed by atoms with E-state index in [1.807, 2.05) is 25.2 Å². The van der Waals surface area contributed by atoms with Crippen LogP contribution in [0, 0.1) is 6.92 Å². The molecule has 0 spiro atoms. The molecule has 0 atom stereocenters. The van der Waals surface area contributed by atoms with E-state index in [4.69, 9.17) is 0 Å². The SMILES string of the molecule is CC.Cc1ccc2ccccc2c1.c1ccc2c(c1)sc1ccccc12. The molecule has 4 aromatic carbocycles. The maximum Gasteiger partial charge on any atom is 0.0355 e. The zero-order valence-electron chi connectivity index (χ0n) is 15.6. The van der Waals surface area contributed by atoms with Gasteiger partial charge in [0, 0.05) is 20.2 Å². The molecule has 0 radical (unpaired) electrons. The van der Waals surface area contributed by atoms with Crippen LogP contribution in [0.5, 0.6) is 0 Å². The first kappa shape index (κ1) is 18.2. The monoisotopic (exact) mass is 356 g/mol. The third-order valence-electron chi connectivity index (χ3n) is 4.19. The lowest BCUT2D eigenvalue weighted by Gasteiger charge is -1.96. The van der Waals surface area contributed by atoms with Crippen molar-refractivity contribution in [3.8, 4) is 0 Å². The molecule has 5 rings (SSSR count). The van der Waals surface area contributed by atoms with Gasteiger partial charge in [0.2, 0.25) is 0 Å². The molecule has 5 aromatic rings. The Bertz CT molecular complexity index is 1070. The Kier molecular flexibility index (Phi) is 6.04. The van der Waals surface area contributed by atoms with E-state index in [1.165, 1.54) is 36.5 Å². The Morgan fingerprint density at radius 3 is 1.65 bits per heavy atom. The highest BCUT2D eigenvalue weighted by atomic mass is 32.1. The van der Waals surface area contributed by atoms with Gasteiger partial charge in [0.05, 0.1) is 0 Å². The van der Waals surface area contributed by atoms with Gasteiger partial charge in [-0.25, -0.2) is 0 Å². The average Bonchev–Trinajstić information content (AvgIpc) is 3.09. The highest BCUT2D eigenvalue weighted by Gasteiger charge is 2.01. The molecule has 130 valence electrons. The standard InChI is InChI=1S/C12H8S.C11H10.C2H6/c1-3-7-11-9(5-1)10-6-2-4-8-12(10)13-11;1-9-6-7-10-4-2-3-5-11(10)8-9;1-2/h1-8H;2-8H,1H3;1-2H3. The zero-order chi connectivity index (χ0) is 18.4. The van der Waals surface area contributed by atoms with Crippen LogP contribution in [0.25, 0.3) is 30.9 Å². The Labute approximate surface area is 159 Å². The number of hydrogen-bond donors (Lipinski definition) is 0. The maximum atomic E-state index is 2.20. The minimum atomic E-state index is 1.32. The molecule has 0 unspecified atom stereocenters. The first-order valence-corrected chi connectivity index (χ1v) is 9.94. The van der Waals surface area contributed by atoms with Crippen molar-refractivity contribution in [3.63, 3.8) is 0 Å². The summed E-state index contributed by atoms with van der Waals surface area (Å²) in [5.74, 6) is 0. The molecular weight excluding hydrogens is 332 g/mol. The third-order valence-corrected chi connectivity index (χ3v) is 5.34. The predicted octanol–water partition coefficient (Wildman–Crippen LogP) is 8.23. The summed E-state index contributed by atoms with van der Waals surface area (Å²) in [6.45, 7) is 6.12. The van der Waals surface area contributed by atoms with Gasteiger partial charge in [0.1, 0.15) is 0 Å². The molecule has 0 saturated carbocycles. The second-order valence-electron chi connectivity index (χ2n) is 5.94. The van der Waals surface area contributed by atoms with E-state index >= 15 is 0 Å². The van der Waals surface area contributed by atoms with Gasteiger partial charge in [-0.05, 0) is 29.8 Å². The van der Waals surface area contributed by atoms with Crippen molar-refractivity contribution >= 4 is 42.3 Å². The van der Waals surface area contributed by atoms with Gasteiger partial charge in [0.25, 0.3) is 0 Å². The summed E-state index contributed by atoms with van der Waals surface area (Å²) in [6, 6.07) is 32.0. The molecule has 0 aliphatic rings. The van der Waals surface area contributed by atoms with Crippen LogP contribution < -0.4 is 0 Å². The zero-order valence-corrected chi connectivity index (χ0v) is 16.4. The highest BCUT2D eigenvalue weighted by molar-refractivity contribution is 7.25. The Morgan fingerprint density at radius 1 is 0.538 bits per heavy atom. The van der Waals surface area contributed by atoms with Crippen LogP contribution in [0.1, 0.15) is 19.4 Å². The highest BCUT2D eigenvalue weighted by Crippen LogP contribution is 2.32. The van der Waals surface area contributed by atoms with Gasteiger partial charge in [0.15, 0.2) is 0 Å². The molecular formula is C25H24S. The molecule has 1 aromatic heterocycles. The van der Waals surface area contributed by atoms with Crippen molar-refractivity contribution < 1.29 is 0 Å². The van der Waals surface area contributed by atoms with E-state index in [-0.39, 0.29) is 0 Å². The molecule has 0 amide bonds. The van der Waals surface area contributed by atoms with Crippen molar-refractivity contribution in [2.24, 2.45) is 0 Å². The maximum absolute atomic E-state index is 2.20. The van der Waals surface area contributed by atoms with Crippen molar-refractivity contribution in [1.29, 1.82) is 0 Å². The summed E-state index contributed by atoms with van der Waals surface area (Å²) in [7, 11) is 0. The Balaban J connectivity index is 0.000000140. The Morgan fingerprint density at radius 2 is 1.04 bits per heavy atom. The van der Waals surface area contributed by atoms with E-state index in [1.54, 1.807) is 0 Å². The second-order valence-corrected chi connectivity index (χ2v) is 7.03. The predicted molar refractivity (Wildman–Crippen MR) is 119 cm³/mol. The fraction of sp³-hybridized carbons (Fsp3) is 0.120. The van der Waals surface area contributed by atoms with E-state index in [9.17, 15) is 0 Å². The number of benzene rings is 4. The molecule has 0 aliphatic carbocycles. The van der Waals surface area contributed by atoms with Crippen LogP contribution >= 0.6 is 11.3 Å². The number of thiophene rings is 1. The van der Waals surface area contributed by atoms with Crippen molar-refractivity contribution in [2.75, 3.05) is 0 Å².